The van der Waals surface area contributed by atoms with E-state index in [1.54, 1.807) is 0 Å². The molecule has 0 spiro atoms. The molecule has 136 valence electrons. The highest BCUT2D eigenvalue weighted by molar-refractivity contribution is 5.79. The highest BCUT2D eigenvalue weighted by atomic mass is 16.5. The largest absolute Gasteiger partial charge is 0.379 e. The maximum absolute atomic E-state index is 5.72. The minimum absolute atomic E-state index is 0.755. The number of nitrogens with zero attached hydrogens (tertiary/aromatic N) is 3. The summed E-state index contributed by atoms with van der Waals surface area (Å²) in [4.78, 5) is 8.87. The van der Waals surface area contributed by atoms with Crippen LogP contribution in [0.1, 0.15) is 18.4 Å². The average Bonchev–Trinajstić information content (AvgIpc) is 3.29. The van der Waals surface area contributed by atoms with E-state index in [-0.39, 0.29) is 0 Å². The molecule has 3 rings (SSSR count). The molecule has 1 fully saturated rings. The number of benzene rings is 1. The predicted molar refractivity (Wildman–Crippen MR) is 104 cm³/mol. The van der Waals surface area contributed by atoms with Crippen molar-refractivity contribution in [3.63, 3.8) is 0 Å². The summed E-state index contributed by atoms with van der Waals surface area (Å²) < 4.78 is 5.72. The summed E-state index contributed by atoms with van der Waals surface area (Å²) in [5.74, 6) is 1.73. The van der Waals surface area contributed by atoms with Gasteiger partial charge in [-0.1, -0.05) is 24.3 Å². The zero-order chi connectivity index (χ0) is 17.5. The lowest BCUT2D eigenvalue weighted by molar-refractivity contribution is 0.115. The van der Waals surface area contributed by atoms with Gasteiger partial charge in [0.05, 0.1) is 6.61 Å². The second-order valence-corrected chi connectivity index (χ2v) is 6.89. The standard InChI is InChI=1S/C20H30N4O/c1-21-20(23(2)12-13-25-16-17-8-9-17)22-15-18-6-5-7-19(14-18)24-10-3-4-11-24/h3-7,14,17H,8-13,15-16H2,1-2H3,(H,21,22). The number of likely N-dealkylation sites (N-methyl/N-ethyl adjacent to an activating group) is 1. The molecular formula is C20H30N4O. The monoisotopic (exact) mass is 342 g/mol. The summed E-state index contributed by atoms with van der Waals surface area (Å²) in [6.07, 6.45) is 7.11. The second-order valence-electron chi connectivity index (χ2n) is 6.89. The number of rotatable bonds is 8. The van der Waals surface area contributed by atoms with E-state index in [9.17, 15) is 0 Å². The summed E-state index contributed by atoms with van der Waals surface area (Å²) in [5, 5.41) is 3.45. The molecule has 1 saturated carbocycles. The van der Waals surface area contributed by atoms with Crippen molar-refractivity contribution in [2.75, 3.05) is 51.8 Å². The molecule has 0 amide bonds. The first kappa shape index (κ1) is 17.8. The van der Waals surface area contributed by atoms with Crippen LogP contribution in [0.4, 0.5) is 5.69 Å². The lowest BCUT2D eigenvalue weighted by atomic mass is 10.2. The van der Waals surface area contributed by atoms with Crippen molar-refractivity contribution in [2.45, 2.75) is 19.4 Å². The van der Waals surface area contributed by atoms with Gasteiger partial charge in [-0.2, -0.15) is 0 Å². The van der Waals surface area contributed by atoms with Crippen LogP contribution in [0.15, 0.2) is 41.4 Å². The van der Waals surface area contributed by atoms with Gasteiger partial charge < -0.3 is 19.9 Å². The zero-order valence-corrected chi connectivity index (χ0v) is 15.4. The van der Waals surface area contributed by atoms with E-state index < -0.39 is 0 Å². The number of nitrogens with one attached hydrogen (secondary N) is 1. The third-order valence-electron chi connectivity index (χ3n) is 4.74. The van der Waals surface area contributed by atoms with Crippen LogP contribution in [0.3, 0.4) is 0 Å². The Bertz CT molecular complexity index is 601. The minimum Gasteiger partial charge on any atom is -0.379 e. The van der Waals surface area contributed by atoms with E-state index in [2.05, 4.69) is 63.6 Å². The molecule has 1 aromatic rings. The zero-order valence-electron chi connectivity index (χ0n) is 15.4. The van der Waals surface area contributed by atoms with Gasteiger partial charge in [-0.3, -0.25) is 4.99 Å². The normalized spacial score (nSPS) is 17.2. The van der Waals surface area contributed by atoms with E-state index in [4.69, 9.17) is 4.74 Å². The lowest BCUT2D eigenvalue weighted by Gasteiger charge is -2.23. The molecule has 0 radical (unpaired) electrons. The molecule has 0 atom stereocenters. The van der Waals surface area contributed by atoms with Crippen molar-refractivity contribution in [1.82, 2.24) is 10.2 Å². The van der Waals surface area contributed by atoms with E-state index in [0.717, 1.165) is 51.3 Å². The third kappa shape index (κ3) is 5.49. The number of hydrogen-bond donors (Lipinski definition) is 1. The summed E-state index contributed by atoms with van der Waals surface area (Å²) in [5.41, 5.74) is 2.55. The molecule has 0 unspecified atom stereocenters. The predicted octanol–water partition coefficient (Wildman–Crippen LogP) is 2.50. The molecule has 1 aromatic carbocycles. The summed E-state index contributed by atoms with van der Waals surface area (Å²) >= 11 is 0. The molecule has 1 heterocycles. The van der Waals surface area contributed by atoms with Gasteiger partial charge in [0.1, 0.15) is 0 Å². The van der Waals surface area contributed by atoms with Crippen LogP contribution in [0.2, 0.25) is 0 Å². The van der Waals surface area contributed by atoms with Gasteiger partial charge >= 0.3 is 0 Å². The van der Waals surface area contributed by atoms with Gasteiger partial charge in [0.2, 0.25) is 0 Å². The van der Waals surface area contributed by atoms with Crippen molar-refractivity contribution >= 4 is 11.6 Å². The Hall–Kier alpha value is -2.01. The summed E-state index contributed by atoms with van der Waals surface area (Å²) in [6, 6.07) is 8.72. The van der Waals surface area contributed by atoms with Gasteiger partial charge in [-0.25, -0.2) is 0 Å². The highest BCUT2D eigenvalue weighted by Gasteiger charge is 2.21. The van der Waals surface area contributed by atoms with Gasteiger partial charge in [0.15, 0.2) is 5.96 Å². The maximum atomic E-state index is 5.72. The SMILES string of the molecule is CN=C(NCc1cccc(N2CC=CC2)c1)N(C)CCOCC1CC1. The van der Waals surface area contributed by atoms with Crippen LogP contribution >= 0.6 is 0 Å². The molecule has 5 heteroatoms. The smallest absolute Gasteiger partial charge is 0.193 e. The van der Waals surface area contributed by atoms with Crippen molar-refractivity contribution in [3.05, 3.63) is 42.0 Å². The number of ether oxygens (including phenoxy) is 1. The molecule has 5 nitrogen and oxygen atoms in total. The Labute approximate surface area is 151 Å². The van der Waals surface area contributed by atoms with Crippen LogP contribution in [0, 0.1) is 5.92 Å². The highest BCUT2D eigenvalue weighted by Crippen LogP contribution is 2.28. The quantitative estimate of drug-likeness (QED) is 0.341. The molecule has 2 aliphatic rings. The van der Waals surface area contributed by atoms with Crippen molar-refractivity contribution < 1.29 is 4.74 Å². The van der Waals surface area contributed by atoms with Gasteiger partial charge in [0.25, 0.3) is 0 Å². The van der Waals surface area contributed by atoms with E-state index in [1.165, 1.54) is 24.1 Å². The van der Waals surface area contributed by atoms with Crippen molar-refractivity contribution in [3.8, 4) is 0 Å². The molecule has 0 aromatic heterocycles. The third-order valence-corrected chi connectivity index (χ3v) is 4.74. The van der Waals surface area contributed by atoms with Crippen molar-refractivity contribution in [2.24, 2.45) is 10.9 Å². The Balaban J connectivity index is 1.44. The minimum atomic E-state index is 0.755. The fourth-order valence-corrected chi connectivity index (χ4v) is 2.96. The average molecular weight is 342 g/mol. The second kappa shape index (κ2) is 8.90. The Morgan fingerprint density at radius 3 is 2.84 bits per heavy atom. The first-order valence-electron chi connectivity index (χ1n) is 9.24. The Kier molecular flexibility index (Phi) is 6.34. The summed E-state index contributed by atoms with van der Waals surface area (Å²) in [6.45, 7) is 5.30. The van der Waals surface area contributed by atoms with Crippen LogP contribution in [0.5, 0.6) is 0 Å². The van der Waals surface area contributed by atoms with Crippen LogP contribution in [-0.4, -0.2) is 57.8 Å². The fourth-order valence-electron chi connectivity index (χ4n) is 2.96. The molecule has 1 N–H and O–H groups in total. The number of hydrogen-bond acceptors (Lipinski definition) is 3. The van der Waals surface area contributed by atoms with Crippen LogP contribution in [-0.2, 0) is 11.3 Å². The van der Waals surface area contributed by atoms with Crippen LogP contribution < -0.4 is 10.2 Å². The first-order chi connectivity index (χ1) is 12.3. The van der Waals surface area contributed by atoms with Crippen LogP contribution in [0.25, 0.3) is 0 Å². The Morgan fingerprint density at radius 1 is 1.32 bits per heavy atom. The van der Waals surface area contributed by atoms with E-state index >= 15 is 0 Å². The topological polar surface area (TPSA) is 40.1 Å². The molecular weight excluding hydrogens is 312 g/mol. The maximum Gasteiger partial charge on any atom is 0.193 e. The Morgan fingerprint density at radius 2 is 2.12 bits per heavy atom. The van der Waals surface area contributed by atoms with Gasteiger partial charge in [-0.15, -0.1) is 0 Å². The fraction of sp³-hybridized carbons (Fsp3) is 0.550. The van der Waals surface area contributed by atoms with Gasteiger partial charge in [-0.05, 0) is 36.5 Å². The lowest BCUT2D eigenvalue weighted by Crippen LogP contribution is -2.40. The summed E-state index contributed by atoms with van der Waals surface area (Å²) in [7, 11) is 3.89. The van der Waals surface area contributed by atoms with E-state index in [1.807, 2.05) is 7.05 Å². The molecule has 1 aliphatic carbocycles. The van der Waals surface area contributed by atoms with E-state index in [0.29, 0.717) is 0 Å². The first-order valence-corrected chi connectivity index (χ1v) is 9.24. The van der Waals surface area contributed by atoms with Gasteiger partial charge in [0, 0.05) is 52.6 Å². The van der Waals surface area contributed by atoms with Crippen molar-refractivity contribution in [1.29, 1.82) is 0 Å². The molecule has 1 aliphatic heterocycles. The number of anilines is 1. The molecule has 25 heavy (non-hydrogen) atoms. The molecule has 0 saturated heterocycles. The number of guanidine groups is 1. The molecule has 0 bridgehead atoms. The number of aliphatic imine (C=N–C) groups is 1.